The molecule has 0 bridgehead atoms. The largest absolute Gasteiger partial charge is 0.376 e. The Morgan fingerprint density at radius 3 is 2.44 bits per heavy atom. The highest BCUT2D eigenvalue weighted by molar-refractivity contribution is 7.89. The van der Waals surface area contributed by atoms with Crippen molar-refractivity contribution < 1.29 is 8.95 Å². The van der Waals surface area contributed by atoms with Gasteiger partial charge in [-0.05, 0) is 37.1 Å². The normalized spacial score (nSPS) is 24.0. The minimum atomic E-state index is -1.17. The van der Waals surface area contributed by atoms with Gasteiger partial charge in [-0.3, -0.25) is 0 Å². The summed E-state index contributed by atoms with van der Waals surface area (Å²) in [7, 11) is -1.17. The van der Waals surface area contributed by atoms with Gasteiger partial charge in [-0.1, -0.05) is 59.7 Å². The number of allylic oxidation sites excluding steroid dienone is 2. The zero-order valence-corrected chi connectivity index (χ0v) is 15.4. The van der Waals surface area contributed by atoms with E-state index in [-0.39, 0.29) is 11.8 Å². The van der Waals surface area contributed by atoms with Crippen LogP contribution in [0, 0.1) is 12.8 Å². The fraction of sp³-hybridized carbons (Fsp3) is 0.273. The second kappa shape index (κ2) is 6.74. The molecule has 4 rings (SSSR count). The highest BCUT2D eigenvalue weighted by atomic mass is 32.2. The van der Waals surface area contributed by atoms with Crippen LogP contribution in [-0.2, 0) is 15.5 Å². The molecule has 3 heteroatoms. The maximum atomic E-state index is 13.4. The van der Waals surface area contributed by atoms with E-state index in [0.717, 1.165) is 9.80 Å². The summed E-state index contributed by atoms with van der Waals surface area (Å²) in [4.78, 5) is 1.86. The Kier molecular flexibility index (Phi) is 4.45. The van der Waals surface area contributed by atoms with Crippen molar-refractivity contribution in [3.63, 3.8) is 0 Å². The molecule has 25 heavy (non-hydrogen) atoms. The zero-order chi connectivity index (χ0) is 17.4. The van der Waals surface area contributed by atoms with Gasteiger partial charge in [0.1, 0.15) is 0 Å². The van der Waals surface area contributed by atoms with E-state index in [4.69, 9.17) is 4.74 Å². The van der Waals surface area contributed by atoms with Crippen LogP contribution in [-0.4, -0.2) is 17.4 Å². The number of fused-ring (bicyclic) bond motifs is 1. The van der Waals surface area contributed by atoms with E-state index in [1.165, 1.54) is 22.3 Å². The molecular formula is C22H22O2S. The average molecular weight is 350 g/mol. The van der Waals surface area contributed by atoms with E-state index in [9.17, 15) is 4.21 Å². The summed E-state index contributed by atoms with van der Waals surface area (Å²) in [5.41, 5.74) is 5.04. The lowest BCUT2D eigenvalue weighted by atomic mass is 9.80. The van der Waals surface area contributed by atoms with Gasteiger partial charge in [-0.25, -0.2) is 4.21 Å². The minimum absolute atomic E-state index is 0.0660. The molecule has 2 aromatic carbocycles. The highest BCUT2D eigenvalue weighted by Crippen LogP contribution is 2.44. The molecule has 2 nitrogen and oxygen atoms in total. The summed E-state index contributed by atoms with van der Waals surface area (Å²) in [6, 6.07) is 18.4. The van der Waals surface area contributed by atoms with Crippen LogP contribution in [0.3, 0.4) is 0 Å². The first-order chi connectivity index (χ1) is 12.1. The van der Waals surface area contributed by atoms with Gasteiger partial charge in [0, 0.05) is 21.6 Å². The van der Waals surface area contributed by atoms with E-state index in [0.29, 0.717) is 13.2 Å². The summed E-state index contributed by atoms with van der Waals surface area (Å²) < 4.78 is 19.1. The number of aryl methyl sites for hydroxylation is 1. The van der Waals surface area contributed by atoms with Crippen molar-refractivity contribution in [1.82, 2.24) is 0 Å². The summed E-state index contributed by atoms with van der Waals surface area (Å²) in [5, 5.41) is 0. The third kappa shape index (κ3) is 3.03. The first-order valence-electron chi connectivity index (χ1n) is 8.67. The van der Waals surface area contributed by atoms with Crippen LogP contribution in [0.15, 0.2) is 81.6 Å². The Morgan fingerprint density at radius 1 is 1.00 bits per heavy atom. The van der Waals surface area contributed by atoms with E-state index in [1.807, 2.05) is 37.3 Å². The summed E-state index contributed by atoms with van der Waals surface area (Å²) in [6.45, 7) is 5.62. The lowest BCUT2D eigenvalue weighted by Crippen LogP contribution is -2.19. The van der Waals surface area contributed by atoms with Gasteiger partial charge in [0.05, 0.1) is 24.0 Å². The molecular weight excluding hydrogens is 328 g/mol. The smallest absolute Gasteiger partial charge is 0.0814 e. The molecule has 1 aliphatic carbocycles. The van der Waals surface area contributed by atoms with Crippen LogP contribution in [0.2, 0.25) is 0 Å². The fourth-order valence-electron chi connectivity index (χ4n) is 3.78. The second-order valence-electron chi connectivity index (χ2n) is 6.82. The van der Waals surface area contributed by atoms with Crippen LogP contribution in [0.25, 0.3) is 0 Å². The van der Waals surface area contributed by atoms with Crippen molar-refractivity contribution in [3.05, 3.63) is 87.9 Å². The number of ether oxygens (including phenoxy) is 1. The molecule has 3 atom stereocenters. The zero-order valence-electron chi connectivity index (χ0n) is 14.6. The molecule has 2 aliphatic rings. The minimum Gasteiger partial charge on any atom is -0.376 e. The Labute approximate surface area is 151 Å². The molecule has 1 saturated heterocycles. The molecule has 2 aromatic rings. The Morgan fingerprint density at radius 2 is 1.72 bits per heavy atom. The van der Waals surface area contributed by atoms with Crippen LogP contribution >= 0.6 is 0 Å². The van der Waals surface area contributed by atoms with E-state index in [1.54, 1.807) is 0 Å². The maximum absolute atomic E-state index is 13.4. The van der Waals surface area contributed by atoms with Gasteiger partial charge in [0.25, 0.3) is 0 Å². The number of hydrogen-bond acceptors (Lipinski definition) is 2. The van der Waals surface area contributed by atoms with Gasteiger partial charge >= 0.3 is 0 Å². The van der Waals surface area contributed by atoms with Crippen LogP contribution in [0.4, 0.5) is 0 Å². The number of hydrogen-bond donors (Lipinski definition) is 0. The molecule has 128 valence electrons. The van der Waals surface area contributed by atoms with Gasteiger partial charge in [-0.15, -0.1) is 0 Å². The Balaban J connectivity index is 1.80. The SMILES string of the molecule is CC1=C2COC[C@H]2C=C([S@@](=O)c2ccc(C)cc2)[C@H]1c1ccccc1. The monoisotopic (exact) mass is 350 g/mol. The quantitative estimate of drug-likeness (QED) is 0.747. The molecule has 0 N–H and O–H groups in total. The molecule has 0 saturated carbocycles. The number of benzene rings is 2. The van der Waals surface area contributed by atoms with E-state index >= 15 is 0 Å². The lowest BCUT2D eigenvalue weighted by Gasteiger charge is -2.29. The Bertz CT molecular complexity index is 863. The Hall–Kier alpha value is -1.97. The van der Waals surface area contributed by atoms with Crippen molar-refractivity contribution in [2.75, 3.05) is 13.2 Å². The van der Waals surface area contributed by atoms with Crippen molar-refractivity contribution in [2.24, 2.45) is 5.92 Å². The molecule has 1 fully saturated rings. The van der Waals surface area contributed by atoms with Crippen molar-refractivity contribution in [3.8, 4) is 0 Å². The second-order valence-corrected chi connectivity index (χ2v) is 8.30. The molecule has 1 heterocycles. The van der Waals surface area contributed by atoms with Gasteiger partial charge in [0.15, 0.2) is 0 Å². The summed E-state index contributed by atoms with van der Waals surface area (Å²) in [5.74, 6) is 0.334. The first kappa shape index (κ1) is 16.5. The fourth-order valence-corrected chi connectivity index (χ4v) is 5.25. The molecule has 0 aromatic heterocycles. The lowest BCUT2D eigenvalue weighted by molar-refractivity contribution is 0.195. The maximum Gasteiger partial charge on any atom is 0.0814 e. The molecule has 0 spiro atoms. The number of rotatable bonds is 3. The predicted molar refractivity (Wildman–Crippen MR) is 102 cm³/mol. The van der Waals surface area contributed by atoms with Crippen molar-refractivity contribution in [1.29, 1.82) is 0 Å². The topological polar surface area (TPSA) is 26.3 Å². The standard InChI is InChI=1S/C22H22O2S/c1-15-8-10-19(11-9-15)25(23)21-12-18-13-24-14-20(18)16(2)22(21)17-6-4-3-5-7-17/h3-12,18,22H,13-14H2,1-2H3/t18-,22-,25+/m1/s1. The average Bonchev–Trinajstić information content (AvgIpc) is 3.11. The van der Waals surface area contributed by atoms with Crippen molar-refractivity contribution in [2.45, 2.75) is 24.7 Å². The first-order valence-corrected chi connectivity index (χ1v) is 9.82. The van der Waals surface area contributed by atoms with Crippen LogP contribution in [0.5, 0.6) is 0 Å². The van der Waals surface area contributed by atoms with E-state index < -0.39 is 10.8 Å². The predicted octanol–water partition coefficient (Wildman–Crippen LogP) is 4.75. The van der Waals surface area contributed by atoms with Gasteiger partial charge in [-0.2, -0.15) is 0 Å². The molecule has 0 amide bonds. The summed E-state index contributed by atoms with van der Waals surface area (Å²) in [6.07, 6.45) is 2.20. The molecule has 0 unspecified atom stereocenters. The van der Waals surface area contributed by atoms with Crippen LogP contribution in [0.1, 0.15) is 24.0 Å². The van der Waals surface area contributed by atoms with Crippen LogP contribution < -0.4 is 0 Å². The third-order valence-corrected chi connectivity index (χ3v) is 6.67. The third-order valence-electron chi connectivity index (χ3n) is 5.17. The van der Waals surface area contributed by atoms with E-state index in [2.05, 4.69) is 37.3 Å². The van der Waals surface area contributed by atoms with Gasteiger partial charge in [0.2, 0.25) is 0 Å². The van der Waals surface area contributed by atoms with Gasteiger partial charge < -0.3 is 4.74 Å². The highest BCUT2D eigenvalue weighted by Gasteiger charge is 2.35. The molecule has 1 aliphatic heterocycles. The summed E-state index contributed by atoms with van der Waals surface area (Å²) >= 11 is 0. The molecule has 0 radical (unpaired) electrons. The van der Waals surface area contributed by atoms with Crippen molar-refractivity contribution >= 4 is 10.8 Å².